The standard InChI is InChI=1S/C11H16N4S/c1-15-6-5-13-11(15)3-2-10(14-12)9-4-7-16-8-9/h4-8,10,14H,2-3,12H2,1H3. The molecule has 2 aromatic rings. The lowest BCUT2D eigenvalue weighted by atomic mass is 10.1. The van der Waals surface area contributed by atoms with Gasteiger partial charge in [-0.1, -0.05) is 0 Å². The number of aryl methyl sites for hydroxylation is 2. The number of nitrogens with two attached hydrogens (primary N) is 1. The number of aromatic nitrogens is 2. The molecular formula is C11H16N4S. The molecule has 4 nitrogen and oxygen atoms in total. The zero-order chi connectivity index (χ0) is 11.4. The van der Waals surface area contributed by atoms with Gasteiger partial charge in [-0.15, -0.1) is 0 Å². The molecule has 0 aliphatic rings. The summed E-state index contributed by atoms with van der Waals surface area (Å²) in [6, 6.07) is 2.32. The predicted octanol–water partition coefficient (Wildman–Crippen LogP) is 1.62. The van der Waals surface area contributed by atoms with E-state index in [1.54, 1.807) is 11.3 Å². The van der Waals surface area contributed by atoms with E-state index >= 15 is 0 Å². The first-order chi connectivity index (χ1) is 7.81. The third kappa shape index (κ3) is 2.49. The van der Waals surface area contributed by atoms with Crippen LogP contribution in [-0.2, 0) is 13.5 Å². The van der Waals surface area contributed by atoms with Crippen LogP contribution in [0.4, 0.5) is 0 Å². The Morgan fingerprint density at radius 3 is 3.06 bits per heavy atom. The molecule has 3 N–H and O–H groups in total. The van der Waals surface area contributed by atoms with Crippen LogP contribution in [0.1, 0.15) is 23.9 Å². The quantitative estimate of drug-likeness (QED) is 0.612. The molecule has 2 aromatic heterocycles. The number of thiophene rings is 1. The maximum absolute atomic E-state index is 5.57. The maximum atomic E-state index is 5.57. The van der Waals surface area contributed by atoms with Crippen LogP contribution in [0, 0.1) is 0 Å². The highest BCUT2D eigenvalue weighted by Crippen LogP contribution is 2.20. The number of nitrogens with zero attached hydrogens (tertiary/aromatic N) is 2. The van der Waals surface area contributed by atoms with Crippen LogP contribution in [0.2, 0.25) is 0 Å². The molecule has 0 saturated carbocycles. The van der Waals surface area contributed by atoms with Crippen LogP contribution >= 0.6 is 11.3 Å². The van der Waals surface area contributed by atoms with Crippen molar-refractivity contribution in [2.45, 2.75) is 18.9 Å². The topological polar surface area (TPSA) is 55.9 Å². The number of hydrazine groups is 1. The van der Waals surface area contributed by atoms with Crippen LogP contribution in [-0.4, -0.2) is 9.55 Å². The van der Waals surface area contributed by atoms with Crippen LogP contribution in [0.3, 0.4) is 0 Å². The van der Waals surface area contributed by atoms with Crippen LogP contribution < -0.4 is 11.3 Å². The Kier molecular flexibility index (Phi) is 3.71. The summed E-state index contributed by atoms with van der Waals surface area (Å²) in [5.74, 6) is 6.66. The summed E-state index contributed by atoms with van der Waals surface area (Å²) >= 11 is 1.69. The van der Waals surface area contributed by atoms with Gasteiger partial charge in [-0.05, 0) is 28.8 Å². The predicted molar refractivity (Wildman–Crippen MR) is 65.9 cm³/mol. The molecule has 0 aliphatic carbocycles. The van der Waals surface area contributed by atoms with E-state index in [0.717, 1.165) is 18.7 Å². The number of hydrogen-bond donors (Lipinski definition) is 2. The van der Waals surface area contributed by atoms with Gasteiger partial charge in [-0.2, -0.15) is 11.3 Å². The van der Waals surface area contributed by atoms with E-state index in [9.17, 15) is 0 Å². The Hall–Kier alpha value is -1.17. The minimum Gasteiger partial charge on any atom is -0.338 e. The molecule has 0 radical (unpaired) electrons. The van der Waals surface area contributed by atoms with Crippen molar-refractivity contribution >= 4 is 11.3 Å². The van der Waals surface area contributed by atoms with Crippen molar-refractivity contribution in [2.24, 2.45) is 12.9 Å². The van der Waals surface area contributed by atoms with Gasteiger partial charge in [0.1, 0.15) is 5.82 Å². The van der Waals surface area contributed by atoms with Crippen molar-refractivity contribution in [1.82, 2.24) is 15.0 Å². The van der Waals surface area contributed by atoms with E-state index in [0.29, 0.717) is 0 Å². The second-order valence-electron chi connectivity index (χ2n) is 3.77. The molecule has 0 spiro atoms. The molecule has 0 fully saturated rings. The molecule has 16 heavy (non-hydrogen) atoms. The Morgan fingerprint density at radius 2 is 2.50 bits per heavy atom. The molecule has 1 atom stereocenters. The lowest BCUT2D eigenvalue weighted by molar-refractivity contribution is 0.507. The van der Waals surface area contributed by atoms with Crippen LogP contribution in [0.25, 0.3) is 0 Å². The molecule has 1 unspecified atom stereocenters. The number of rotatable bonds is 5. The summed E-state index contributed by atoms with van der Waals surface area (Å²) in [6.07, 6.45) is 5.67. The molecule has 2 heterocycles. The van der Waals surface area contributed by atoms with Crippen molar-refractivity contribution in [2.75, 3.05) is 0 Å². The van der Waals surface area contributed by atoms with Gasteiger partial charge in [0.05, 0.1) is 0 Å². The van der Waals surface area contributed by atoms with Crippen molar-refractivity contribution in [3.63, 3.8) is 0 Å². The molecule has 0 amide bonds. The summed E-state index contributed by atoms with van der Waals surface area (Å²) in [6.45, 7) is 0. The lowest BCUT2D eigenvalue weighted by Crippen LogP contribution is -2.28. The van der Waals surface area contributed by atoms with E-state index in [4.69, 9.17) is 5.84 Å². The van der Waals surface area contributed by atoms with Crippen molar-refractivity contribution in [3.8, 4) is 0 Å². The zero-order valence-corrected chi connectivity index (χ0v) is 10.1. The van der Waals surface area contributed by atoms with Crippen molar-refractivity contribution < 1.29 is 0 Å². The molecule has 86 valence electrons. The second-order valence-corrected chi connectivity index (χ2v) is 4.55. The lowest BCUT2D eigenvalue weighted by Gasteiger charge is -2.14. The first-order valence-electron chi connectivity index (χ1n) is 5.25. The highest BCUT2D eigenvalue weighted by Gasteiger charge is 2.11. The highest BCUT2D eigenvalue weighted by molar-refractivity contribution is 7.07. The SMILES string of the molecule is Cn1ccnc1CCC(NN)c1ccsc1. The summed E-state index contributed by atoms with van der Waals surface area (Å²) < 4.78 is 2.04. The minimum atomic E-state index is 0.211. The van der Waals surface area contributed by atoms with E-state index in [-0.39, 0.29) is 6.04 Å². The number of hydrogen-bond acceptors (Lipinski definition) is 4. The molecular weight excluding hydrogens is 220 g/mol. The molecule has 2 rings (SSSR count). The molecule has 0 bridgehead atoms. The van der Waals surface area contributed by atoms with E-state index in [1.807, 2.05) is 24.0 Å². The van der Waals surface area contributed by atoms with Crippen LogP contribution in [0.5, 0.6) is 0 Å². The normalized spacial score (nSPS) is 12.9. The fraction of sp³-hybridized carbons (Fsp3) is 0.364. The fourth-order valence-electron chi connectivity index (χ4n) is 1.73. The van der Waals surface area contributed by atoms with E-state index in [2.05, 4.69) is 27.2 Å². The summed E-state index contributed by atoms with van der Waals surface area (Å²) in [7, 11) is 2.01. The Balaban J connectivity index is 1.96. The average molecular weight is 236 g/mol. The second kappa shape index (κ2) is 5.25. The van der Waals surface area contributed by atoms with Crippen molar-refractivity contribution in [3.05, 3.63) is 40.6 Å². The first kappa shape index (κ1) is 11.3. The van der Waals surface area contributed by atoms with Gasteiger partial charge < -0.3 is 4.57 Å². The number of imidazole rings is 1. The Bertz CT molecular complexity index is 421. The third-order valence-corrected chi connectivity index (χ3v) is 3.43. The molecule has 0 saturated heterocycles. The zero-order valence-electron chi connectivity index (χ0n) is 9.26. The van der Waals surface area contributed by atoms with Gasteiger partial charge in [0, 0.05) is 31.9 Å². The van der Waals surface area contributed by atoms with Gasteiger partial charge in [0.15, 0.2) is 0 Å². The van der Waals surface area contributed by atoms with Gasteiger partial charge in [0.25, 0.3) is 0 Å². The fourth-order valence-corrected chi connectivity index (χ4v) is 2.44. The van der Waals surface area contributed by atoms with Crippen molar-refractivity contribution in [1.29, 1.82) is 0 Å². The van der Waals surface area contributed by atoms with Gasteiger partial charge in [0.2, 0.25) is 0 Å². The van der Waals surface area contributed by atoms with E-state index in [1.165, 1.54) is 5.56 Å². The smallest absolute Gasteiger partial charge is 0.108 e. The largest absolute Gasteiger partial charge is 0.338 e. The monoisotopic (exact) mass is 236 g/mol. The highest BCUT2D eigenvalue weighted by atomic mass is 32.1. The average Bonchev–Trinajstić information content (AvgIpc) is 2.92. The third-order valence-electron chi connectivity index (χ3n) is 2.72. The molecule has 0 aliphatic heterocycles. The number of nitrogens with one attached hydrogen (secondary N) is 1. The molecule has 0 aromatic carbocycles. The van der Waals surface area contributed by atoms with E-state index < -0.39 is 0 Å². The summed E-state index contributed by atoms with van der Waals surface area (Å²) in [5.41, 5.74) is 4.11. The maximum Gasteiger partial charge on any atom is 0.108 e. The Morgan fingerprint density at radius 1 is 1.62 bits per heavy atom. The van der Waals surface area contributed by atoms with Gasteiger partial charge >= 0.3 is 0 Å². The summed E-state index contributed by atoms with van der Waals surface area (Å²) in [5, 5.41) is 4.20. The molecule has 5 heteroatoms. The Labute approximate surface area is 99.1 Å². The summed E-state index contributed by atoms with van der Waals surface area (Å²) in [4.78, 5) is 4.30. The van der Waals surface area contributed by atoms with Crippen LogP contribution in [0.15, 0.2) is 29.2 Å². The minimum absolute atomic E-state index is 0.211. The van der Waals surface area contributed by atoms with Gasteiger partial charge in [-0.25, -0.2) is 4.98 Å². The first-order valence-corrected chi connectivity index (χ1v) is 6.20. The van der Waals surface area contributed by atoms with Gasteiger partial charge in [-0.3, -0.25) is 11.3 Å².